The quantitative estimate of drug-likeness (QED) is 0.878. The number of aryl methyl sites for hydroxylation is 1. The van der Waals surface area contributed by atoms with E-state index in [4.69, 9.17) is 4.74 Å². The third-order valence-electron chi connectivity index (χ3n) is 3.60. The van der Waals surface area contributed by atoms with Crippen molar-refractivity contribution < 1.29 is 9.53 Å². The predicted octanol–water partition coefficient (Wildman–Crippen LogP) is 2.32. The van der Waals surface area contributed by atoms with Crippen LogP contribution in [0.15, 0.2) is 24.5 Å². The van der Waals surface area contributed by atoms with Crippen molar-refractivity contribution in [3.05, 3.63) is 35.8 Å². The van der Waals surface area contributed by atoms with Gasteiger partial charge in [0, 0.05) is 12.7 Å². The second kappa shape index (κ2) is 5.85. The largest absolute Gasteiger partial charge is 0.468 e. The van der Waals surface area contributed by atoms with E-state index in [1.165, 1.54) is 7.11 Å². The third-order valence-corrected chi connectivity index (χ3v) is 3.60. The summed E-state index contributed by atoms with van der Waals surface area (Å²) in [4.78, 5) is 16.4. The second-order valence-corrected chi connectivity index (χ2v) is 6.34. The van der Waals surface area contributed by atoms with Crippen LogP contribution in [0.25, 0.3) is 5.65 Å². The number of imidazole rings is 1. The van der Waals surface area contributed by atoms with Gasteiger partial charge >= 0.3 is 5.97 Å². The molecule has 2 aromatic heterocycles. The topological polar surface area (TPSA) is 55.6 Å². The van der Waals surface area contributed by atoms with Gasteiger partial charge in [0.2, 0.25) is 0 Å². The normalized spacial score (nSPS) is 13.4. The summed E-state index contributed by atoms with van der Waals surface area (Å²) < 4.78 is 6.93. The molecule has 0 unspecified atom stereocenters. The maximum absolute atomic E-state index is 11.9. The summed E-state index contributed by atoms with van der Waals surface area (Å²) in [6.07, 6.45) is 3.82. The van der Waals surface area contributed by atoms with Crippen molar-refractivity contribution in [3.8, 4) is 0 Å². The molecule has 2 heterocycles. The molecule has 1 N–H and O–H groups in total. The zero-order valence-electron chi connectivity index (χ0n) is 13.3. The van der Waals surface area contributed by atoms with Crippen LogP contribution in [0.2, 0.25) is 0 Å². The minimum atomic E-state index is -0.363. The average molecular weight is 289 g/mol. The minimum Gasteiger partial charge on any atom is -0.468 e. The van der Waals surface area contributed by atoms with E-state index in [0.717, 1.165) is 16.9 Å². The zero-order chi connectivity index (χ0) is 15.6. The molecular weight excluding hydrogens is 266 g/mol. The van der Waals surface area contributed by atoms with Crippen LogP contribution in [0.1, 0.15) is 32.0 Å². The molecule has 0 amide bonds. The molecular formula is C16H23N3O2. The fourth-order valence-corrected chi connectivity index (χ4v) is 2.40. The Morgan fingerprint density at radius 2 is 2.19 bits per heavy atom. The minimum absolute atomic E-state index is 0.219. The Labute approximate surface area is 125 Å². The molecule has 0 bridgehead atoms. The van der Waals surface area contributed by atoms with Gasteiger partial charge in [0.25, 0.3) is 0 Å². The Morgan fingerprint density at radius 1 is 1.48 bits per heavy atom. The van der Waals surface area contributed by atoms with Crippen LogP contribution in [0.3, 0.4) is 0 Å². The van der Waals surface area contributed by atoms with Crippen LogP contribution in [0, 0.1) is 12.3 Å². The Balaban J connectivity index is 2.20. The van der Waals surface area contributed by atoms with Crippen molar-refractivity contribution in [1.29, 1.82) is 0 Å². The summed E-state index contributed by atoms with van der Waals surface area (Å²) in [5, 5.41) is 3.29. The van der Waals surface area contributed by atoms with Gasteiger partial charge in [0.15, 0.2) is 0 Å². The summed E-state index contributed by atoms with van der Waals surface area (Å²) in [6, 6.07) is 3.67. The number of carbonyl (C=O) groups is 1. The molecule has 0 saturated heterocycles. The smallest absolute Gasteiger partial charge is 0.323 e. The zero-order valence-corrected chi connectivity index (χ0v) is 13.3. The van der Waals surface area contributed by atoms with E-state index in [-0.39, 0.29) is 17.4 Å². The Hall–Kier alpha value is -1.88. The van der Waals surface area contributed by atoms with Crippen molar-refractivity contribution >= 4 is 11.6 Å². The van der Waals surface area contributed by atoms with Crippen molar-refractivity contribution in [3.63, 3.8) is 0 Å². The van der Waals surface area contributed by atoms with Gasteiger partial charge in [0.1, 0.15) is 11.7 Å². The number of fused-ring (bicyclic) bond motifs is 1. The lowest BCUT2D eigenvalue weighted by atomic mass is 9.86. The van der Waals surface area contributed by atoms with Crippen LogP contribution in [-0.4, -0.2) is 28.5 Å². The van der Waals surface area contributed by atoms with Crippen molar-refractivity contribution in [2.75, 3.05) is 7.11 Å². The molecule has 114 valence electrons. The lowest BCUT2D eigenvalue weighted by molar-refractivity contribution is -0.146. The summed E-state index contributed by atoms with van der Waals surface area (Å²) >= 11 is 0. The van der Waals surface area contributed by atoms with Crippen molar-refractivity contribution in [2.45, 2.75) is 40.3 Å². The fourth-order valence-electron chi connectivity index (χ4n) is 2.40. The van der Waals surface area contributed by atoms with Crippen molar-refractivity contribution in [1.82, 2.24) is 14.7 Å². The van der Waals surface area contributed by atoms with E-state index in [1.54, 1.807) is 0 Å². The highest BCUT2D eigenvalue weighted by Crippen LogP contribution is 2.21. The van der Waals surface area contributed by atoms with E-state index >= 15 is 0 Å². The Bertz CT molecular complexity index is 640. The molecule has 2 aromatic rings. The van der Waals surface area contributed by atoms with Crippen LogP contribution >= 0.6 is 0 Å². The molecule has 0 spiro atoms. The standard InChI is InChI=1S/C16H23N3O2/c1-11-7-6-8-19-12(10-18-14(11)19)9-17-13(15(20)21-5)16(2,3)4/h6-8,10,13,17H,9H2,1-5H3/t13-/m1/s1. The summed E-state index contributed by atoms with van der Waals surface area (Å²) in [6.45, 7) is 8.63. The number of pyridine rings is 1. The second-order valence-electron chi connectivity index (χ2n) is 6.34. The van der Waals surface area contributed by atoms with Crippen LogP contribution < -0.4 is 5.32 Å². The predicted molar refractivity (Wildman–Crippen MR) is 82.0 cm³/mol. The van der Waals surface area contributed by atoms with E-state index < -0.39 is 0 Å². The van der Waals surface area contributed by atoms with E-state index in [2.05, 4.69) is 10.3 Å². The first kappa shape index (κ1) is 15.5. The number of rotatable bonds is 4. The molecule has 0 fully saturated rings. The van der Waals surface area contributed by atoms with Crippen LogP contribution in [0.5, 0.6) is 0 Å². The highest BCUT2D eigenvalue weighted by atomic mass is 16.5. The number of aromatic nitrogens is 2. The number of hydrogen-bond donors (Lipinski definition) is 1. The highest BCUT2D eigenvalue weighted by molar-refractivity contribution is 5.76. The molecule has 0 aliphatic carbocycles. The Kier molecular flexibility index (Phi) is 4.32. The highest BCUT2D eigenvalue weighted by Gasteiger charge is 2.31. The summed E-state index contributed by atoms with van der Waals surface area (Å²) in [5.41, 5.74) is 2.87. The monoisotopic (exact) mass is 289 g/mol. The first-order valence-corrected chi connectivity index (χ1v) is 7.07. The third kappa shape index (κ3) is 3.24. The summed E-state index contributed by atoms with van der Waals surface area (Å²) in [5.74, 6) is -0.243. The maximum atomic E-state index is 11.9. The molecule has 0 aromatic carbocycles. The molecule has 21 heavy (non-hydrogen) atoms. The number of esters is 1. The number of nitrogens with one attached hydrogen (secondary N) is 1. The molecule has 1 atom stereocenters. The number of ether oxygens (including phenoxy) is 1. The molecule has 0 saturated carbocycles. The number of nitrogens with zero attached hydrogens (tertiary/aromatic N) is 2. The molecule has 5 nitrogen and oxygen atoms in total. The van der Waals surface area contributed by atoms with E-state index in [1.807, 2.05) is 56.6 Å². The van der Waals surface area contributed by atoms with Crippen LogP contribution in [-0.2, 0) is 16.1 Å². The van der Waals surface area contributed by atoms with Gasteiger partial charge in [-0.2, -0.15) is 0 Å². The van der Waals surface area contributed by atoms with Gasteiger partial charge < -0.3 is 9.14 Å². The van der Waals surface area contributed by atoms with Crippen molar-refractivity contribution in [2.24, 2.45) is 5.41 Å². The van der Waals surface area contributed by atoms with E-state index in [9.17, 15) is 4.79 Å². The van der Waals surface area contributed by atoms with Gasteiger partial charge in [-0.3, -0.25) is 10.1 Å². The van der Waals surface area contributed by atoms with E-state index in [0.29, 0.717) is 6.54 Å². The Morgan fingerprint density at radius 3 is 2.81 bits per heavy atom. The first-order chi connectivity index (χ1) is 9.84. The van der Waals surface area contributed by atoms with Gasteiger partial charge in [-0.1, -0.05) is 26.8 Å². The van der Waals surface area contributed by atoms with Gasteiger partial charge in [-0.15, -0.1) is 0 Å². The first-order valence-electron chi connectivity index (χ1n) is 7.07. The fraction of sp³-hybridized carbons (Fsp3) is 0.500. The number of carbonyl (C=O) groups excluding carboxylic acids is 1. The lowest BCUT2D eigenvalue weighted by Crippen LogP contribution is -2.46. The SMILES string of the molecule is COC(=O)[C@@H](NCc1cnc2c(C)cccn12)C(C)(C)C. The number of hydrogen-bond acceptors (Lipinski definition) is 4. The molecule has 5 heteroatoms. The maximum Gasteiger partial charge on any atom is 0.323 e. The molecule has 0 aliphatic heterocycles. The number of methoxy groups -OCH3 is 1. The van der Waals surface area contributed by atoms with Gasteiger partial charge in [0.05, 0.1) is 19.0 Å². The molecule has 0 radical (unpaired) electrons. The van der Waals surface area contributed by atoms with Gasteiger partial charge in [-0.05, 0) is 24.0 Å². The van der Waals surface area contributed by atoms with Gasteiger partial charge in [-0.25, -0.2) is 4.98 Å². The lowest BCUT2D eigenvalue weighted by Gasteiger charge is -2.29. The van der Waals surface area contributed by atoms with Crippen LogP contribution in [0.4, 0.5) is 0 Å². The molecule has 2 rings (SSSR count). The average Bonchev–Trinajstić information content (AvgIpc) is 2.82. The summed E-state index contributed by atoms with van der Waals surface area (Å²) in [7, 11) is 1.42. The molecule has 0 aliphatic rings.